The van der Waals surface area contributed by atoms with Gasteiger partial charge in [0.15, 0.2) is 5.79 Å². The molecule has 0 N–H and O–H groups in total. The molecule has 1 aromatic carbocycles. The third-order valence-electron chi connectivity index (χ3n) is 2.86. The SMILES string of the molecule is CCC1(c2ccccc2)OCC(CC#N)O1. The minimum absolute atomic E-state index is 0.106. The third kappa shape index (κ3) is 1.95. The standard InChI is InChI=1S/C13H15NO2/c1-2-13(11-6-4-3-5-7-11)15-10-12(16-13)8-9-14/h3-7,12H,2,8,10H2,1H3. The Kier molecular flexibility index (Phi) is 3.23. The van der Waals surface area contributed by atoms with Crippen molar-refractivity contribution < 1.29 is 9.47 Å². The quantitative estimate of drug-likeness (QED) is 0.781. The Hall–Kier alpha value is -1.37. The number of hydrogen-bond donors (Lipinski definition) is 0. The number of benzene rings is 1. The van der Waals surface area contributed by atoms with E-state index in [1.165, 1.54) is 0 Å². The van der Waals surface area contributed by atoms with Crippen LogP contribution >= 0.6 is 0 Å². The zero-order valence-corrected chi connectivity index (χ0v) is 9.35. The van der Waals surface area contributed by atoms with E-state index in [0.717, 1.165) is 12.0 Å². The second-order valence-corrected chi connectivity index (χ2v) is 3.89. The van der Waals surface area contributed by atoms with Gasteiger partial charge in [0.05, 0.1) is 25.2 Å². The number of nitrogens with zero attached hydrogens (tertiary/aromatic N) is 1. The average Bonchev–Trinajstić information content (AvgIpc) is 2.76. The fourth-order valence-corrected chi connectivity index (χ4v) is 2.00. The summed E-state index contributed by atoms with van der Waals surface area (Å²) >= 11 is 0. The molecule has 1 heterocycles. The van der Waals surface area contributed by atoms with Crippen molar-refractivity contribution in [1.82, 2.24) is 0 Å². The zero-order chi connectivity index (χ0) is 11.4. The molecule has 1 fully saturated rings. The van der Waals surface area contributed by atoms with Crippen LogP contribution in [-0.4, -0.2) is 12.7 Å². The van der Waals surface area contributed by atoms with E-state index in [1.54, 1.807) is 0 Å². The van der Waals surface area contributed by atoms with Crippen LogP contribution in [0.1, 0.15) is 25.3 Å². The van der Waals surface area contributed by atoms with Crippen molar-refractivity contribution in [3.63, 3.8) is 0 Å². The average molecular weight is 217 g/mol. The summed E-state index contributed by atoms with van der Waals surface area (Å²) in [7, 11) is 0. The van der Waals surface area contributed by atoms with Gasteiger partial charge >= 0.3 is 0 Å². The monoisotopic (exact) mass is 217 g/mol. The van der Waals surface area contributed by atoms with Crippen molar-refractivity contribution in [2.24, 2.45) is 0 Å². The van der Waals surface area contributed by atoms with Crippen LogP contribution in [0.2, 0.25) is 0 Å². The summed E-state index contributed by atoms with van der Waals surface area (Å²) in [5, 5.41) is 8.65. The molecule has 0 saturated carbocycles. The topological polar surface area (TPSA) is 42.2 Å². The van der Waals surface area contributed by atoms with Crippen molar-refractivity contribution >= 4 is 0 Å². The van der Waals surface area contributed by atoms with Gasteiger partial charge in [0.2, 0.25) is 0 Å². The lowest BCUT2D eigenvalue weighted by atomic mass is 10.0. The lowest BCUT2D eigenvalue weighted by Crippen LogP contribution is -2.27. The summed E-state index contributed by atoms with van der Waals surface area (Å²) in [6.45, 7) is 2.53. The van der Waals surface area contributed by atoms with Crippen molar-refractivity contribution in [3.05, 3.63) is 35.9 Å². The van der Waals surface area contributed by atoms with Gasteiger partial charge in [-0.2, -0.15) is 5.26 Å². The molecule has 84 valence electrons. The molecule has 16 heavy (non-hydrogen) atoms. The maximum absolute atomic E-state index is 8.65. The van der Waals surface area contributed by atoms with Gasteiger partial charge in [-0.3, -0.25) is 0 Å². The maximum atomic E-state index is 8.65. The van der Waals surface area contributed by atoms with Crippen LogP contribution in [0.3, 0.4) is 0 Å². The molecule has 1 saturated heterocycles. The smallest absolute Gasteiger partial charge is 0.195 e. The van der Waals surface area contributed by atoms with Crippen LogP contribution in [-0.2, 0) is 15.3 Å². The number of hydrogen-bond acceptors (Lipinski definition) is 3. The van der Waals surface area contributed by atoms with Crippen molar-refractivity contribution in [2.45, 2.75) is 31.7 Å². The Bertz CT molecular complexity index is 385. The highest BCUT2D eigenvalue weighted by Gasteiger charge is 2.41. The molecule has 2 unspecified atom stereocenters. The van der Waals surface area contributed by atoms with Gasteiger partial charge in [0, 0.05) is 12.0 Å². The first-order valence-electron chi connectivity index (χ1n) is 5.55. The second kappa shape index (κ2) is 4.65. The van der Waals surface area contributed by atoms with Gasteiger partial charge in [-0.05, 0) is 0 Å². The molecular weight excluding hydrogens is 202 g/mol. The minimum Gasteiger partial charge on any atom is -0.343 e. The Morgan fingerprint density at radius 2 is 2.19 bits per heavy atom. The highest BCUT2D eigenvalue weighted by Crippen LogP contribution is 2.37. The summed E-state index contributed by atoms with van der Waals surface area (Å²) in [6.07, 6.45) is 1.03. The van der Waals surface area contributed by atoms with E-state index in [0.29, 0.717) is 13.0 Å². The third-order valence-corrected chi connectivity index (χ3v) is 2.86. The predicted octanol–water partition coefficient (Wildman–Crippen LogP) is 2.58. The molecule has 0 bridgehead atoms. The van der Waals surface area contributed by atoms with Gasteiger partial charge < -0.3 is 9.47 Å². The van der Waals surface area contributed by atoms with Crippen LogP contribution in [0.4, 0.5) is 0 Å². The number of nitriles is 1. The molecule has 3 nitrogen and oxygen atoms in total. The maximum Gasteiger partial charge on any atom is 0.195 e. The second-order valence-electron chi connectivity index (χ2n) is 3.89. The summed E-state index contributed by atoms with van der Waals surface area (Å²) in [5.41, 5.74) is 1.03. The Labute approximate surface area is 95.6 Å². The molecule has 3 heteroatoms. The van der Waals surface area contributed by atoms with E-state index in [1.807, 2.05) is 37.3 Å². The van der Waals surface area contributed by atoms with Crippen molar-refractivity contribution in [1.29, 1.82) is 5.26 Å². The summed E-state index contributed by atoms with van der Waals surface area (Å²) in [6, 6.07) is 12.0. The Balaban J connectivity index is 2.20. The van der Waals surface area contributed by atoms with E-state index < -0.39 is 5.79 Å². The molecule has 0 aliphatic carbocycles. The van der Waals surface area contributed by atoms with Gasteiger partial charge in [-0.25, -0.2) is 0 Å². The highest BCUT2D eigenvalue weighted by atomic mass is 16.7. The summed E-state index contributed by atoms with van der Waals surface area (Å²) in [4.78, 5) is 0. The first-order valence-corrected chi connectivity index (χ1v) is 5.55. The molecule has 1 aromatic rings. The van der Waals surface area contributed by atoms with Gasteiger partial charge in [-0.1, -0.05) is 37.3 Å². The van der Waals surface area contributed by atoms with Gasteiger partial charge in [-0.15, -0.1) is 0 Å². The minimum atomic E-state index is -0.650. The number of rotatable bonds is 3. The van der Waals surface area contributed by atoms with Gasteiger partial charge in [0.25, 0.3) is 0 Å². The Morgan fingerprint density at radius 3 is 2.81 bits per heavy atom. The molecule has 1 aliphatic rings. The molecule has 2 atom stereocenters. The fraction of sp³-hybridized carbons (Fsp3) is 0.462. The predicted molar refractivity (Wildman–Crippen MR) is 59.5 cm³/mol. The lowest BCUT2D eigenvalue weighted by Gasteiger charge is -2.26. The lowest BCUT2D eigenvalue weighted by molar-refractivity contribution is -0.178. The normalized spacial score (nSPS) is 28.9. The first kappa shape index (κ1) is 11.1. The van der Waals surface area contributed by atoms with E-state index in [-0.39, 0.29) is 6.10 Å². The van der Waals surface area contributed by atoms with Gasteiger partial charge in [0.1, 0.15) is 0 Å². The molecule has 0 amide bonds. The van der Waals surface area contributed by atoms with E-state index >= 15 is 0 Å². The summed E-state index contributed by atoms with van der Waals surface area (Å²) in [5.74, 6) is -0.650. The Morgan fingerprint density at radius 1 is 1.44 bits per heavy atom. The molecule has 0 aromatic heterocycles. The molecular formula is C13H15NO2. The molecule has 0 radical (unpaired) electrons. The zero-order valence-electron chi connectivity index (χ0n) is 9.35. The van der Waals surface area contributed by atoms with Crippen molar-refractivity contribution in [3.8, 4) is 6.07 Å². The van der Waals surface area contributed by atoms with Crippen LogP contribution in [0, 0.1) is 11.3 Å². The highest BCUT2D eigenvalue weighted by molar-refractivity contribution is 5.21. The van der Waals surface area contributed by atoms with Crippen LogP contribution in [0.5, 0.6) is 0 Å². The number of ether oxygens (including phenoxy) is 2. The molecule has 0 spiro atoms. The largest absolute Gasteiger partial charge is 0.343 e. The van der Waals surface area contributed by atoms with E-state index in [9.17, 15) is 0 Å². The molecule has 1 aliphatic heterocycles. The van der Waals surface area contributed by atoms with Crippen LogP contribution in [0.25, 0.3) is 0 Å². The van der Waals surface area contributed by atoms with E-state index in [4.69, 9.17) is 14.7 Å². The van der Waals surface area contributed by atoms with E-state index in [2.05, 4.69) is 6.07 Å². The van der Waals surface area contributed by atoms with Crippen LogP contribution < -0.4 is 0 Å². The summed E-state index contributed by atoms with van der Waals surface area (Å²) < 4.78 is 11.6. The van der Waals surface area contributed by atoms with Crippen LogP contribution in [0.15, 0.2) is 30.3 Å². The molecule has 2 rings (SSSR count). The first-order chi connectivity index (χ1) is 7.80. The fourth-order valence-electron chi connectivity index (χ4n) is 2.00. The van der Waals surface area contributed by atoms with Crippen molar-refractivity contribution in [2.75, 3.05) is 6.61 Å².